The van der Waals surface area contributed by atoms with Crippen LogP contribution in [-0.4, -0.2) is 54.7 Å². The van der Waals surface area contributed by atoms with Gasteiger partial charge in [0.25, 0.3) is 11.7 Å². The van der Waals surface area contributed by atoms with E-state index in [9.17, 15) is 14.7 Å². The third-order valence-electron chi connectivity index (χ3n) is 7.43. The molecule has 0 spiro atoms. The lowest BCUT2D eigenvalue weighted by molar-refractivity contribution is -0.139. The predicted molar refractivity (Wildman–Crippen MR) is 159 cm³/mol. The second-order valence-electron chi connectivity index (χ2n) is 10.3. The third-order valence-corrected chi connectivity index (χ3v) is 7.43. The Balaban J connectivity index is 1.56. The Kier molecular flexibility index (Phi) is 9.31. The molecule has 2 heterocycles. The van der Waals surface area contributed by atoms with Gasteiger partial charge >= 0.3 is 0 Å². The smallest absolute Gasteiger partial charge is 0.295 e. The zero-order chi connectivity index (χ0) is 29.5. The second kappa shape index (κ2) is 13.5. The standard InChI is InChI=1S/C34H37NO7/c1-3-5-9-18-40-26-14-12-24(21-28(26)39-4-2)31-30(32(36)25-13-15-27-29(22-25)42-20-19-41-27)33(37)34(38)35(31)17-16-23-10-7-6-8-11-23/h6-8,10-15,21-22,31,36H,3-5,9,16-20H2,1-2H3. The van der Waals surface area contributed by atoms with E-state index in [1.54, 1.807) is 18.2 Å². The lowest BCUT2D eigenvalue weighted by atomic mass is 9.94. The zero-order valence-corrected chi connectivity index (χ0v) is 24.1. The Bertz CT molecular complexity index is 1450. The van der Waals surface area contributed by atoms with Crippen molar-refractivity contribution in [1.82, 2.24) is 4.90 Å². The molecule has 2 aliphatic rings. The minimum Gasteiger partial charge on any atom is -0.507 e. The third kappa shape index (κ3) is 6.22. The number of hydrogen-bond acceptors (Lipinski definition) is 7. The van der Waals surface area contributed by atoms with Crippen LogP contribution >= 0.6 is 0 Å². The van der Waals surface area contributed by atoms with Crippen molar-refractivity contribution in [2.45, 2.75) is 45.6 Å². The van der Waals surface area contributed by atoms with Crippen LogP contribution in [0.5, 0.6) is 23.0 Å². The number of rotatable bonds is 12. The van der Waals surface area contributed by atoms with E-state index in [2.05, 4.69) is 6.92 Å². The molecule has 5 rings (SSSR count). The van der Waals surface area contributed by atoms with Crippen LogP contribution in [0.25, 0.3) is 5.76 Å². The summed E-state index contributed by atoms with van der Waals surface area (Å²) in [6.45, 7) is 6.12. The Morgan fingerprint density at radius 1 is 0.905 bits per heavy atom. The molecular weight excluding hydrogens is 534 g/mol. The predicted octanol–water partition coefficient (Wildman–Crippen LogP) is 6.09. The van der Waals surface area contributed by atoms with Crippen molar-refractivity contribution < 1.29 is 33.6 Å². The maximum absolute atomic E-state index is 13.6. The molecule has 1 fully saturated rings. The van der Waals surface area contributed by atoms with Crippen LogP contribution in [0.4, 0.5) is 0 Å². The molecule has 220 valence electrons. The van der Waals surface area contributed by atoms with Crippen LogP contribution in [0, 0.1) is 0 Å². The van der Waals surface area contributed by atoms with Gasteiger partial charge in [0.05, 0.1) is 24.8 Å². The number of benzene rings is 3. The van der Waals surface area contributed by atoms with Crippen molar-refractivity contribution in [3.05, 3.63) is 89.0 Å². The highest BCUT2D eigenvalue weighted by atomic mass is 16.6. The van der Waals surface area contributed by atoms with Crippen molar-refractivity contribution in [1.29, 1.82) is 0 Å². The molecule has 1 amide bonds. The lowest BCUT2D eigenvalue weighted by Gasteiger charge is -2.26. The van der Waals surface area contributed by atoms with Crippen LogP contribution in [0.3, 0.4) is 0 Å². The van der Waals surface area contributed by atoms with Gasteiger partial charge in [-0.3, -0.25) is 9.59 Å². The number of carbonyl (C=O) groups is 2. The number of ketones is 1. The average Bonchev–Trinajstić information content (AvgIpc) is 3.27. The summed E-state index contributed by atoms with van der Waals surface area (Å²) in [4.78, 5) is 28.6. The molecule has 1 saturated heterocycles. The number of likely N-dealkylation sites (tertiary alicyclic amines) is 1. The SMILES string of the molecule is CCCCCOc1ccc(C2C(=C(O)c3ccc4c(c3)OCCO4)C(=O)C(=O)N2CCc2ccccc2)cc1OCC. The number of unbranched alkanes of at least 4 members (excludes halogenated alkanes) is 2. The van der Waals surface area contributed by atoms with Gasteiger partial charge in [-0.15, -0.1) is 0 Å². The molecule has 0 aliphatic carbocycles. The van der Waals surface area contributed by atoms with E-state index in [1.165, 1.54) is 4.90 Å². The van der Waals surface area contributed by atoms with Gasteiger partial charge in [0.15, 0.2) is 23.0 Å². The van der Waals surface area contributed by atoms with Crippen LogP contribution in [0.1, 0.15) is 55.8 Å². The van der Waals surface area contributed by atoms with Gasteiger partial charge in [-0.1, -0.05) is 56.2 Å². The fraction of sp³-hybridized carbons (Fsp3) is 0.353. The summed E-state index contributed by atoms with van der Waals surface area (Å²) in [5.41, 5.74) is 2.07. The minimum absolute atomic E-state index is 0.0174. The summed E-state index contributed by atoms with van der Waals surface area (Å²) in [5, 5.41) is 11.6. The van der Waals surface area contributed by atoms with Gasteiger partial charge in [0.1, 0.15) is 19.0 Å². The van der Waals surface area contributed by atoms with E-state index in [1.807, 2.05) is 55.5 Å². The van der Waals surface area contributed by atoms with Crippen LogP contribution in [0.2, 0.25) is 0 Å². The number of carbonyl (C=O) groups excluding carboxylic acids is 2. The van der Waals surface area contributed by atoms with Crippen molar-refractivity contribution in [3.63, 3.8) is 0 Å². The Hall–Kier alpha value is -4.46. The first-order chi connectivity index (χ1) is 20.5. The van der Waals surface area contributed by atoms with E-state index in [0.29, 0.717) is 67.0 Å². The molecule has 0 aromatic heterocycles. The first-order valence-electron chi connectivity index (χ1n) is 14.6. The lowest BCUT2D eigenvalue weighted by Crippen LogP contribution is -2.31. The molecular formula is C34H37NO7. The second-order valence-corrected chi connectivity index (χ2v) is 10.3. The molecule has 1 atom stereocenters. The molecule has 1 unspecified atom stereocenters. The molecule has 0 radical (unpaired) electrons. The summed E-state index contributed by atoms with van der Waals surface area (Å²) >= 11 is 0. The van der Waals surface area contributed by atoms with Gasteiger partial charge in [-0.05, 0) is 61.2 Å². The maximum Gasteiger partial charge on any atom is 0.295 e. The van der Waals surface area contributed by atoms with Crippen LogP contribution < -0.4 is 18.9 Å². The van der Waals surface area contributed by atoms with Gasteiger partial charge in [-0.2, -0.15) is 0 Å². The Labute approximate surface area is 246 Å². The molecule has 0 saturated carbocycles. The summed E-state index contributed by atoms with van der Waals surface area (Å²) in [7, 11) is 0. The number of fused-ring (bicyclic) bond motifs is 1. The molecule has 8 heteroatoms. The first-order valence-corrected chi connectivity index (χ1v) is 14.6. The minimum atomic E-state index is -0.824. The Morgan fingerprint density at radius 3 is 2.45 bits per heavy atom. The number of Topliss-reactive ketones (excluding diaryl/α,β-unsaturated/α-hetero) is 1. The molecule has 3 aromatic carbocycles. The first kappa shape index (κ1) is 29.0. The number of aliphatic hydroxyl groups is 1. The highest BCUT2D eigenvalue weighted by Crippen LogP contribution is 2.43. The van der Waals surface area contributed by atoms with Crippen molar-refractivity contribution in [2.75, 3.05) is 33.0 Å². The molecule has 3 aromatic rings. The van der Waals surface area contributed by atoms with Gasteiger partial charge in [0.2, 0.25) is 0 Å². The van der Waals surface area contributed by atoms with E-state index >= 15 is 0 Å². The summed E-state index contributed by atoms with van der Waals surface area (Å²) < 4.78 is 23.3. The highest BCUT2D eigenvalue weighted by Gasteiger charge is 2.46. The number of nitrogens with zero attached hydrogens (tertiary/aromatic N) is 1. The van der Waals surface area contributed by atoms with Crippen molar-refractivity contribution in [3.8, 4) is 23.0 Å². The van der Waals surface area contributed by atoms with Crippen molar-refractivity contribution >= 4 is 17.4 Å². The van der Waals surface area contributed by atoms with Crippen LogP contribution in [-0.2, 0) is 16.0 Å². The monoisotopic (exact) mass is 571 g/mol. The zero-order valence-electron chi connectivity index (χ0n) is 24.1. The quantitative estimate of drug-likeness (QED) is 0.122. The number of aliphatic hydroxyl groups excluding tert-OH is 1. The fourth-order valence-corrected chi connectivity index (χ4v) is 5.31. The summed E-state index contributed by atoms with van der Waals surface area (Å²) in [5.74, 6) is 0.503. The normalized spacial score (nSPS) is 17.4. The topological polar surface area (TPSA) is 94.5 Å². The van der Waals surface area contributed by atoms with Gasteiger partial charge in [-0.25, -0.2) is 0 Å². The summed E-state index contributed by atoms with van der Waals surface area (Å²) in [6, 6.07) is 19.4. The molecule has 0 bridgehead atoms. The van der Waals surface area contributed by atoms with Crippen LogP contribution in [0.15, 0.2) is 72.3 Å². The highest BCUT2D eigenvalue weighted by molar-refractivity contribution is 6.46. The Morgan fingerprint density at radius 2 is 1.69 bits per heavy atom. The van der Waals surface area contributed by atoms with E-state index in [-0.39, 0.29) is 17.9 Å². The fourth-order valence-electron chi connectivity index (χ4n) is 5.31. The van der Waals surface area contributed by atoms with E-state index in [0.717, 1.165) is 24.8 Å². The van der Waals surface area contributed by atoms with E-state index < -0.39 is 17.7 Å². The average molecular weight is 572 g/mol. The largest absolute Gasteiger partial charge is 0.507 e. The van der Waals surface area contributed by atoms with E-state index in [4.69, 9.17) is 18.9 Å². The maximum atomic E-state index is 13.6. The molecule has 8 nitrogen and oxygen atoms in total. The van der Waals surface area contributed by atoms with Gasteiger partial charge in [0, 0.05) is 12.1 Å². The number of amides is 1. The summed E-state index contributed by atoms with van der Waals surface area (Å²) in [6.07, 6.45) is 3.63. The number of hydrogen-bond donors (Lipinski definition) is 1. The number of ether oxygens (including phenoxy) is 4. The van der Waals surface area contributed by atoms with Crippen molar-refractivity contribution in [2.24, 2.45) is 0 Å². The van der Waals surface area contributed by atoms with Gasteiger partial charge < -0.3 is 29.0 Å². The molecule has 2 aliphatic heterocycles. The molecule has 42 heavy (non-hydrogen) atoms. The molecule has 1 N–H and O–H groups in total.